The Morgan fingerprint density at radius 3 is 2.24 bits per heavy atom. The molecule has 0 unspecified atom stereocenters. The topological polar surface area (TPSA) is 6.48 Å². The molecule has 2 heteroatoms. The van der Waals surface area contributed by atoms with Crippen molar-refractivity contribution in [2.75, 3.05) is 39.3 Å². The first kappa shape index (κ1) is 12.6. The molecule has 2 nitrogen and oxygen atoms in total. The van der Waals surface area contributed by atoms with Gasteiger partial charge in [0.05, 0.1) is 0 Å². The maximum absolute atomic E-state index is 2.61. The van der Waals surface area contributed by atoms with Gasteiger partial charge >= 0.3 is 0 Å². The van der Waals surface area contributed by atoms with Crippen LogP contribution in [0.4, 0.5) is 0 Å². The molecule has 0 N–H and O–H groups in total. The molecule has 0 aromatic heterocycles. The summed E-state index contributed by atoms with van der Waals surface area (Å²) in [5, 5.41) is 0. The van der Waals surface area contributed by atoms with Crippen molar-refractivity contribution in [2.45, 2.75) is 19.8 Å². The highest BCUT2D eigenvalue weighted by Crippen LogP contribution is 2.06. The van der Waals surface area contributed by atoms with Gasteiger partial charge in [0.15, 0.2) is 0 Å². The van der Waals surface area contributed by atoms with Gasteiger partial charge in [0.1, 0.15) is 0 Å². The van der Waals surface area contributed by atoms with Gasteiger partial charge in [-0.2, -0.15) is 0 Å². The zero-order valence-electron chi connectivity index (χ0n) is 10.9. The maximum atomic E-state index is 2.61. The molecule has 0 amide bonds. The predicted molar refractivity (Wildman–Crippen MR) is 73.3 cm³/mol. The van der Waals surface area contributed by atoms with E-state index in [0.29, 0.717) is 0 Å². The molecule has 1 aliphatic heterocycles. The molecule has 0 bridgehead atoms. The van der Waals surface area contributed by atoms with Gasteiger partial charge in [-0.25, -0.2) is 0 Å². The van der Waals surface area contributed by atoms with Gasteiger partial charge in [0.25, 0.3) is 0 Å². The molecule has 1 aromatic rings. The van der Waals surface area contributed by atoms with Gasteiger partial charge in [-0.1, -0.05) is 37.3 Å². The van der Waals surface area contributed by atoms with Gasteiger partial charge in [0.2, 0.25) is 0 Å². The molecule has 0 spiro atoms. The summed E-state index contributed by atoms with van der Waals surface area (Å²) >= 11 is 0. The highest BCUT2D eigenvalue weighted by Gasteiger charge is 2.14. The molecule has 1 aromatic carbocycles. The fourth-order valence-corrected chi connectivity index (χ4v) is 2.48. The average molecular weight is 232 g/mol. The lowest BCUT2D eigenvalue weighted by molar-refractivity contribution is 0.136. The summed E-state index contributed by atoms with van der Waals surface area (Å²) in [4.78, 5) is 5.14. The van der Waals surface area contributed by atoms with Crippen molar-refractivity contribution in [1.82, 2.24) is 9.80 Å². The Balaban J connectivity index is 1.63. The molecule has 0 saturated carbocycles. The number of rotatable bonds is 5. The van der Waals surface area contributed by atoms with Crippen molar-refractivity contribution in [3.63, 3.8) is 0 Å². The molecule has 2 rings (SSSR count). The van der Waals surface area contributed by atoms with Crippen molar-refractivity contribution in [3.8, 4) is 0 Å². The molecule has 1 saturated heterocycles. The second kappa shape index (κ2) is 6.77. The normalized spacial score (nSPS) is 18.4. The third-order valence-corrected chi connectivity index (χ3v) is 3.69. The van der Waals surface area contributed by atoms with Crippen LogP contribution in [0.1, 0.15) is 18.9 Å². The number of hydrogen-bond donors (Lipinski definition) is 0. The Bertz CT molecular complexity index is 302. The van der Waals surface area contributed by atoms with Gasteiger partial charge in [-0.3, -0.25) is 0 Å². The van der Waals surface area contributed by atoms with E-state index in [1.807, 2.05) is 0 Å². The van der Waals surface area contributed by atoms with Crippen LogP contribution in [0.3, 0.4) is 0 Å². The first-order valence-corrected chi connectivity index (χ1v) is 6.87. The summed E-state index contributed by atoms with van der Waals surface area (Å²) in [5.74, 6) is 0. The minimum atomic E-state index is 1.21. The largest absolute Gasteiger partial charge is 0.301 e. The fourth-order valence-electron chi connectivity index (χ4n) is 2.48. The molecular weight excluding hydrogens is 208 g/mol. The summed E-state index contributed by atoms with van der Waals surface area (Å²) < 4.78 is 0. The third kappa shape index (κ3) is 4.14. The number of piperazine rings is 1. The molecule has 1 aliphatic rings. The van der Waals surface area contributed by atoms with Gasteiger partial charge < -0.3 is 9.80 Å². The zero-order chi connectivity index (χ0) is 11.9. The summed E-state index contributed by atoms with van der Waals surface area (Å²) in [5.41, 5.74) is 1.47. The van der Waals surface area contributed by atoms with Crippen molar-refractivity contribution >= 4 is 0 Å². The fraction of sp³-hybridized carbons (Fsp3) is 0.600. The van der Waals surface area contributed by atoms with Crippen LogP contribution in [0.25, 0.3) is 0 Å². The Labute approximate surface area is 105 Å². The second-order valence-electron chi connectivity index (χ2n) is 4.87. The molecule has 0 atom stereocenters. The molecule has 0 aliphatic carbocycles. The number of likely N-dealkylation sites (N-methyl/N-ethyl adjacent to an activating group) is 1. The molecule has 1 heterocycles. The predicted octanol–water partition coefficient (Wildman–Crippen LogP) is 2.26. The monoisotopic (exact) mass is 232 g/mol. The van der Waals surface area contributed by atoms with Crippen LogP contribution in [-0.4, -0.2) is 49.1 Å². The van der Waals surface area contributed by atoms with E-state index in [9.17, 15) is 0 Å². The molecule has 1 fully saturated rings. The summed E-state index contributed by atoms with van der Waals surface area (Å²) in [7, 11) is 0. The van der Waals surface area contributed by atoms with E-state index >= 15 is 0 Å². The van der Waals surface area contributed by atoms with Gasteiger partial charge in [0, 0.05) is 26.2 Å². The number of nitrogens with zero attached hydrogens (tertiary/aromatic N) is 2. The smallest absolute Gasteiger partial charge is 0.0110 e. The quantitative estimate of drug-likeness (QED) is 0.768. The summed E-state index contributed by atoms with van der Waals surface area (Å²) in [6.07, 6.45) is 2.50. The van der Waals surface area contributed by atoms with E-state index in [2.05, 4.69) is 47.1 Å². The Morgan fingerprint density at radius 1 is 0.941 bits per heavy atom. The van der Waals surface area contributed by atoms with E-state index in [1.54, 1.807) is 0 Å². The Hall–Kier alpha value is -0.860. The van der Waals surface area contributed by atoms with E-state index in [0.717, 1.165) is 0 Å². The van der Waals surface area contributed by atoms with E-state index < -0.39 is 0 Å². The molecule has 94 valence electrons. The second-order valence-corrected chi connectivity index (χ2v) is 4.87. The van der Waals surface area contributed by atoms with Gasteiger partial charge in [-0.05, 0) is 31.5 Å². The SMILES string of the molecule is CCN1CCN(CCCc2ccccc2)CC1. The van der Waals surface area contributed by atoms with E-state index in [4.69, 9.17) is 0 Å². The first-order chi connectivity index (χ1) is 8.38. The lowest BCUT2D eigenvalue weighted by atomic mass is 10.1. The van der Waals surface area contributed by atoms with Crippen molar-refractivity contribution in [1.29, 1.82) is 0 Å². The zero-order valence-corrected chi connectivity index (χ0v) is 10.9. The van der Waals surface area contributed by atoms with Crippen LogP contribution in [0.15, 0.2) is 30.3 Å². The minimum absolute atomic E-state index is 1.21. The third-order valence-electron chi connectivity index (χ3n) is 3.69. The number of benzene rings is 1. The lowest BCUT2D eigenvalue weighted by Crippen LogP contribution is -2.46. The van der Waals surface area contributed by atoms with Crippen LogP contribution < -0.4 is 0 Å². The summed E-state index contributed by atoms with van der Waals surface area (Å²) in [6.45, 7) is 9.73. The molecule has 0 radical (unpaired) electrons. The number of hydrogen-bond acceptors (Lipinski definition) is 2. The maximum Gasteiger partial charge on any atom is 0.0110 e. The van der Waals surface area contributed by atoms with E-state index in [1.165, 1.54) is 57.7 Å². The van der Waals surface area contributed by atoms with Gasteiger partial charge in [-0.15, -0.1) is 0 Å². The Kier molecular flexibility index (Phi) is 5.02. The standard InChI is InChI=1S/C15H24N2/c1-2-16-11-13-17(14-12-16)10-6-9-15-7-4-3-5-8-15/h3-5,7-8H,2,6,9-14H2,1H3. The summed E-state index contributed by atoms with van der Waals surface area (Å²) in [6, 6.07) is 10.8. The first-order valence-electron chi connectivity index (χ1n) is 6.87. The van der Waals surface area contributed by atoms with Crippen LogP contribution in [0.5, 0.6) is 0 Å². The Morgan fingerprint density at radius 2 is 1.59 bits per heavy atom. The van der Waals surface area contributed by atoms with Crippen LogP contribution in [-0.2, 0) is 6.42 Å². The average Bonchev–Trinajstić information content (AvgIpc) is 2.41. The van der Waals surface area contributed by atoms with Crippen molar-refractivity contribution in [2.24, 2.45) is 0 Å². The van der Waals surface area contributed by atoms with Crippen molar-refractivity contribution < 1.29 is 0 Å². The van der Waals surface area contributed by atoms with Crippen LogP contribution >= 0.6 is 0 Å². The lowest BCUT2D eigenvalue weighted by Gasteiger charge is -2.33. The van der Waals surface area contributed by atoms with E-state index in [-0.39, 0.29) is 0 Å². The number of aryl methyl sites for hydroxylation is 1. The van der Waals surface area contributed by atoms with Crippen LogP contribution in [0, 0.1) is 0 Å². The van der Waals surface area contributed by atoms with Crippen LogP contribution in [0.2, 0.25) is 0 Å². The minimum Gasteiger partial charge on any atom is -0.301 e. The van der Waals surface area contributed by atoms with Crippen molar-refractivity contribution in [3.05, 3.63) is 35.9 Å². The molecule has 17 heavy (non-hydrogen) atoms. The highest BCUT2D eigenvalue weighted by molar-refractivity contribution is 5.14. The highest BCUT2D eigenvalue weighted by atomic mass is 15.3. The molecular formula is C15H24N2.